The first-order valence-electron chi connectivity index (χ1n) is 6.14. The maximum absolute atomic E-state index is 11.7. The van der Waals surface area contributed by atoms with Crippen molar-refractivity contribution in [2.24, 2.45) is 5.92 Å². The number of amides is 1. The maximum Gasteiger partial charge on any atom is 0.413 e. The first kappa shape index (κ1) is 15.0. The average molecular weight is 265 g/mol. The second kappa shape index (κ2) is 7.41. The lowest BCUT2D eigenvalue weighted by molar-refractivity contribution is -0.143. The zero-order valence-electron chi connectivity index (χ0n) is 11.4. The van der Waals surface area contributed by atoms with Gasteiger partial charge in [-0.2, -0.15) is 0 Å². The summed E-state index contributed by atoms with van der Waals surface area (Å²) in [6, 6.07) is 7.97. The minimum atomic E-state index is -0.693. The third-order valence-electron chi connectivity index (χ3n) is 2.44. The van der Waals surface area contributed by atoms with E-state index in [-0.39, 0.29) is 5.92 Å². The largest absolute Gasteiger partial charge is 0.467 e. The Hall–Kier alpha value is -2.04. The van der Waals surface area contributed by atoms with Crippen LogP contribution < -0.4 is 10.1 Å². The fourth-order valence-electron chi connectivity index (χ4n) is 1.60. The normalized spacial score (nSPS) is 11.8. The van der Waals surface area contributed by atoms with Gasteiger partial charge in [0, 0.05) is 0 Å². The van der Waals surface area contributed by atoms with Crippen molar-refractivity contribution < 1.29 is 19.1 Å². The minimum absolute atomic E-state index is 0.251. The number of hydrogen-bond donors (Lipinski definition) is 1. The predicted molar refractivity (Wildman–Crippen MR) is 70.9 cm³/mol. The molecule has 0 aliphatic rings. The van der Waals surface area contributed by atoms with Crippen molar-refractivity contribution in [2.75, 3.05) is 7.11 Å². The number of nitrogens with one attached hydrogen (secondary N) is 1. The highest BCUT2D eigenvalue weighted by molar-refractivity contribution is 5.82. The predicted octanol–water partition coefficient (Wildman–Crippen LogP) is 2.36. The quantitative estimate of drug-likeness (QED) is 0.830. The molecule has 0 aliphatic heterocycles. The molecule has 0 aliphatic carbocycles. The number of methoxy groups -OCH3 is 1. The van der Waals surface area contributed by atoms with E-state index >= 15 is 0 Å². The summed E-state index contributed by atoms with van der Waals surface area (Å²) in [5.74, 6) is 0.202. The molecule has 5 nitrogen and oxygen atoms in total. The topological polar surface area (TPSA) is 64.6 Å². The van der Waals surface area contributed by atoms with E-state index in [1.807, 2.05) is 19.9 Å². The number of esters is 1. The summed E-state index contributed by atoms with van der Waals surface area (Å²) >= 11 is 0. The Morgan fingerprint density at radius 2 is 1.84 bits per heavy atom. The van der Waals surface area contributed by atoms with Crippen LogP contribution >= 0.6 is 0 Å². The van der Waals surface area contributed by atoms with Gasteiger partial charge in [0.2, 0.25) is 0 Å². The molecule has 1 aromatic rings. The van der Waals surface area contributed by atoms with Crippen molar-refractivity contribution in [2.45, 2.75) is 26.3 Å². The van der Waals surface area contributed by atoms with Gasteiger partial charge in [0.25, 0.3) is 0 Å². The highest BCUT2D eigenvalue weighted by Crippen LogP contribution is 2.10. The Bertz CT molecular complexity index is 417. The number of carbonyl (C=O) groups excluding carboxylic acids is 2. The van der Waals surface area contributed by atoms with Gasteiger partial charge in [0.15, 0.2) is 0 Å². The van der Waals surface area contributed by atoms with Gasteiger partial charge in [-0.1, -0.05) is 32.0 Å². The van der Waals surface area contributed by atoms with Gasteiger partial charge in [-0.3, -0.25) is 0 Å². The van der Waals surface area contributed by atoms with Gasteiger partial charge in [0.1, 0.15) is 11.8 Å². The number of benzene rings is 1. The molecule has 0 radical (unpaired) electrons. The van der Waals surface area contributed by atoms with Crippen LogP contribution in [-0.4, -0.2) is 25.2 Å². The van der Waals surface area contributed by atoms with Crippen molar-refractivity contribution in [1.29, 1.82) is 0 Å². The second-order valence-corrected chi connectivity index (χ2v) is 4.55. The van der Waals surface area contributed by atoms with Crippen molar-refractivity contribution >= 4 is 12.1 Å². The molecule has 0 saturated carbocycles. The molecule has 0 spiro atoms. The van der Waals surface area contributed by atoms with Crippen LogP contribution in [0.1, 0.15) is 20.3 Å². The van der Waals surface area contributed by atoms with Crippen molar-refractivity contribution in [1.82, 2.24) is 5.32 Å². The fraction of sp³-hybridized carbons (Fsp3) is 0.429. The van der Waals surface area contributed by atoms with Gasteiger partial charge < -0.3 is 14.8 Å². The summed E-state index contributed by atoms with van der Waals surface area (Å²) < 4.78 is 9.72. The van der Waals surface area contributed by atoms with Crippen molar-refractivity contribution in [3.05, 3.63) is 30.3 Å². The number of carbonyl (C=O) groups is 2. The molecule has 0 unspecified atom stereocenters. The van der Waals surface area contributed by atoms with Crippen LogP contribution in [0, 0.1) is 5.92 Å². The zero-order valence-corrected chi connectivity index (χ0v) is 11.4. The monoisotopic (exact) mass is 265 g/mol. The number of rotatable bonds is 5. The van der Waals surface area contributed by atoms with Crippen molar-refractivity contribution in [3.63, 3.8) is 0 Å². The molecular weight excluding hydrogens is 246 g/mol. The number of hydrogen-bond acceptors (Lipinski definition) is 4. The van der Waals surface area contributed by atoms with Gasteiger partial charge in [0.05, 0.1) is 7.11 Å². The van der Waals surface area contributed by atoms with Crippen molar-refractivity contribution in [3.8, 4) is 5.75 Å². The number of para-hydroxylation sites is 1. The van der Waals surface area contributed by atoms with Gasteiger partial charge in [-0.25, -0.2) is 9.59 Å². The van der Waals surface area contributed by atoms with Crippen LogP contribution in [0.25, 0.3) is 0 Å². The zero-order chi connectivity index (χ0) is 14.3. The van der Waals surface area contributed by atoms with E-state index in [9.17, 15) is 9.59 Å². The van der Waals surface area contributed by atoms with E-state index in [1.165, 1.54) is 7.11 Å². The molecular formula is C14H19NO4. The molecule has 1 amide bonds. The molecule has 104 valence electrons. The van der Waals surface area contributed by atoms with E-state index in [2.05, 4.69) is 10.1 Å². The van der Waals surface area contributed by atoms with Crippen LogP contribution in [0.2, 0.25) is 0 Å². The summed E-state index contributed by atoms with van der Waals surface area (Å²) in [6.45, 7) is 3.92. The van der Waals surface area contributed by atoms with Gasteiger partial charge >= 0.3 is 12.1 Å². The van der Waals surface area contributed by atoms with Gasteiger partial charge in [-0.15, -0.1) is 0 Å². The molecule has 1 N–H and O–H groups in total. The number of ether oxygens (including phenoxy) is 2. The molecule has 0 fully saturated rings. The molecule has 19 heavy (non-hydrogen) atoms. The first-order chi connectivity index (χ1) is 9.02. The smallest absolute Gasteiger partial charge is 0.413 e. The van der Waals surface area contributed by atoms with E-state index in [0.29, 0.717) is 12.2 Å². The Morgan fingerprint density at radius 3 is 2.37 bits per heavy atom. The standard InChI is InChI=1S/C14H19NO4/c1-10(2)9-12(13(16)18-3)15-14(17)19-11-7-5-4-6-8-11/h4-8,10,12H,9H2,1-3H3,(H,15,17)/t12-/m1/s1. The maximum atomic E-state index is 11.7. The van der Waals surface area contributed by atoms with E-state index in [0.717, 1.165) is 0 Å². The van der Waals surface area contributed by atoms with Crippen LogP contribution in [0.5, 0.6) is 5.75 Å². The highest BCUT2D eigenvalue weighted by Gasteiger charge is 2.23. The molecule has 1 rings (SSSR count). The third-order valence-corrected chi connectivity index (χ3v) is 2.44. The summed E-state index contributed by atoms with van der Waals surface area (Å²) in [4.78, 5) is 23.2. The minimum Gasteiger partial charge on any atom is -0.467 e. The lowest BCUT2D eigenvalue weighted by atomic mass is 10.0. The van der Waals surface area contributed by atoms with Crippen LogP contribution in [0.4, 0.5) is 4.79 Å². The molecule has 0 bridgehead atoms. The highest BCUT2D eigenvalue weighted by atomic mass is 16.6. The third kappa shape index (κ3) is 5.42. The Labute approximate surface area is 112 Å². The van der Waals surface area contributed by atoms with Crippen LogP contribution in [-0.2, 0) is 9.53 Å². The SMILES string of the molecule is COC(=O)[C@@H](CC(C)C)NC(=O)Oc1ccccc1. The Balaban J connectivity index is 2.58. The molecule has 1 atom stereocenters. The molecule has 1 aromatic carbocycles. The van der Waals surface area contributed by atoms with Crippen LogP contribution in [0.3, 0.4) is 0 Å². The molecule has 0 heterocycles. The fourth-order valence-corrected chi connectivity index (χ4v) is 1.60. The van der Waals surface area contributed by atoms with Gasteiger partial charge in [-0.05, 0) is 24.5 Å². The Morgan fingerprint density at radius 1 is 1.21 bits per heavy atom. The summed E-state index contributed by atoms with van der Waals surface area (Å²) in [5.41, 5.74) is 0. The summed E-state index contributed by atoms with van der Waals surface area (Å²) in [5, 5.41) is 2.51. The van der Waals surface area contributed by atoms with E-state index < -0.39 is 18.1 Å². The Kier molecular flexibility index (Phi) is 5.85. The molecule has 0 aromatic heterocycles. The molecule has 5 heteroatoms. The average Bonchev–Trinajstić information content (AvgIpc) is 2.37. The second-order valence-electron chi connectivity index (χ2n) is 4.55. The summed E-state index contributed by atoms with van der Waals surface area (Å²) in [6.07, 6.45) is -0.168. The lowest BCUT2D eigenvalue weighted by Crippen LogP contribution is -2.43. The first-order valence-corrected chi connectivity index (χ1v) is 6.14. The van der Waals surface area contributed by atoms with E-state index in [4.69, 9.17) is 4.74 Å². The lowest BCUT2D eigenvalue weighted by Gasteiger charge is -2.17. The van der Waals surface area contributed by atoms with Crippen LogP contribution in [0.15, 0.2) is 30.3 Å². The summed E-state index contributed by atoms with van der Waals surface area (Å²) in [7, 11) is 1.29. The molecule has 0 saturated heterocycles. The van der Waals surface area contributed by atoms with E-state index in [1.54, 1.807) is 24.3 Å².